The maximum atomic E-state index is 12.2. The van der Waals surface area contributed by atoms with E-state index in [1.54, 1.807) is 0 Å². The van der Waals surface area contributed by atoms with Gasteiger partial charge in [0.15, 0.2) is 0 Å². The molecule has 2 heterocycles. The molecule has 0 N–H and O–H groups in total. The molecule has 1 amide bonds. The van der Waals surface area contributed by atoms with Crippen molar-refractivity contribution in [2.24, 2.45) is 5.41 Å². The number of nitrogens with zero attached hydrogens (tertiary/aromatic N) is 1. The molecule has 20 heavy (non-hydrogen) atoms. The molecule has 1 atom stereocenters. The van der Waals surface area contributed by atoms with Gasteiger partial charge in [-0.2, -0.15) is 0 Å². The first-order valence-electron chi connectivity index (χ1n) is 7.31. The molecule has 0 aromatic heterocycles. The van der Waals surface area contributed by atoms with Crippen LogP contribution in [0.4, 0.5) is 4.79 Å². The molecule has 1 aromatic rings. The molecule has 0 bridgehead atoms. The quantitative estimate of drug-likeness (QED) is 0.833. The fraction of sp³-hybridized carbons (Fsp3) is 0.562. The molecule has 2 saturated heterocycles. The summed E-state index contributed by atoms with van der Waals surface area (Å²) < 4.78 is 10.9. The van der Waals surface area contributed by atoms with Gasteiger partial charge in [0.1, 0.15) is 6.61 Å². The van der Waals surface area contributed by atoms with Crippen molar-refractivity contribution in [3.8, 4) is 0 Å². The van der Waals surface area contributed by atoms with E-state index in [0.717, 1.165) is 51.1 Å². The Hall–Kier alpha value is -1.55. The zero-order valence-electron chi connectivity index (χ0n) is 11.7. The molecule has 108 valence electrons. The minimum absolute atomic E-state index is 0.185. The van der Waals surface area contributed by atoms with Crippen LogP contribution in [0.1, 0.15) is 24.8 Å². The van der Waals surface area contributed by atoms with Crippen LogP contribution in [-0.2, 0) is 16.1 Å². The monoisotopic (exact) mass is 275 g/mol. The lowest BCUT2D eigenvalue weighted by Gasteiger charge is -2.38. The number of amides is 1. The van der Waals surface area contributed by atoms with Gasteiger partial charge in [0.05, 0.1) is 6.61 Å². The number of hydrogen-bond acceptors (Lipinski definition) is 3. The third-order valence-corrected chi connectivity index (χ3v) is 4.31. The molecule has 0 radical (unpaired) electrons. The van der Waals surface area contributed by atoms with Gasteiger partial charge in [-0.05, 0) is 24.8 Å². The van der Waals surface area contributed by atoms with Crippen molar-refractivity contribution in [3.05, 3.63) is 35.9 Å². The van der Waals surface area contributed by atoms with Crippen molar-refractivity contribution in [2.45, 2.75) is 25.9 Å². The molecule has 1 aromatic carbocycles. The van der Waals surface area contributed by atoms with Gasteiger partial charge in [0, 0.05) is 25.1 Å². The number of benzene rings is 1. The predicted octanol–water partition coefficient (Wildman–Crippen LogP) is 2.83. The highest BCUT2D eigenvalue weighted by Crippen LogP contribution is 2.37. The van der Waals surface area contributed by atoms with E-state index in [4.69, 9.17) is 9.47 Å². The number of carbonyl (C=O) groups is 1. The molecule has 4 heteroatoms. The van der Waals surface area contributed by atoms with E-state index in [2.05, 4.69) is 0 Å². The number of carbonyl (C=O) groups excluding carboxylic acids is 1. The van der Waals surface area contributed by atoms with Crippen molar-refractivity contribution in [2.75, 3.05) is 26.3 Å². The summed E-state index contributed by atoms with van der Waals surface area (Å²) in [6.45, 7) is 3.54. The highest BCUT2D eigenvalue weighted by Gasteiger charge is 2.40. The summed E-state index contributed by atoms with van der Waals surface area (Å²) in [6, 6.07) is 9.80. The van der Waals surface area contributed by atoms with Crippen LogP contribution in [-0.4, -0.2) is 37.3 Å². The molecule has 2 aliphatic heterocycles. The van der Waals surface area contributed by atoms with Crippen LogP contribution in [0.5, 0.6) is 0 Å². The second kappa shape index (κ2) is 5.83. The molecule has 0 unspecified atom stereocenters. The van der Waals surface area contributed by atoms with Crippen LogP contribution in [0.15, 0.2) is 30.3 Å². The molecule has 0 saturated carbocycles. The van der Waals surface area contributed by atoms with Crippen molar-refractivity contribution in [1.29, 1.82) is 0 Å². The van der Waals surface area contributed by atoms with Crippen LogP contribution >= 0.6 is 0 Å². The largest absolute Gasteiger partial charge is 0.445 e. The Morgan fingerprint density at radius 1 is 1.30 bits per heavy atom. The summed E-state index contributed by atoms with van der Waals surface area (Å²) in [5.74, 6) is 0. The summed E-state index contributed by atoms with van der Waals surface area (Å²) >= 11 is 0. The summed E-state index contributed by atoms with van der Waals surface area (Å²) in [5.41, 5.74) is 1.21. The van der Waals surface area contributed by atoms with Crippen LogP contribution in [0, 0.1) is 5.41 Å². The zero-order chi connectivity index (χ0) is 13.8. The standard InChI is InChI=1S/C16H21NO3/c18-15(20-11-14-5-2-1-3-6-14)17-9-4-7-16(12-17)8-10-19-13-16/h1-3,5-6H,4,7-13H2/t16-/m1/s1. The van der Waals surface area contributed by atoms with Gasteiger partial charge in [0.25, 0.3) is 0 Å². The van der Waals surface area contributed by atoms with Gasteiger partial charge in [-0.25, -0.2) is 4.79 Å². The van der Waals surface area contributed by atoms with E-state index in [1.807, 2.05) is 35.2 Å². The molecule has 3 rings (SSSR count). The fourth-order valence-corrected chi connectivity index (χ4v) is 3.15. The second-order valence-corrected chi connectivity index (χ2v) is 5.87. The number of rotatable bonds is 2. The number of piperidine rings is 1. The maximum absolute atomic E-state index is 12.2. The Labute approximate surface area is 119 Å². The summed E-state index contributed by atoms with van der Waals surface area (Å²) in [6.07, 6.45) is 3.08. The van der Waals surface area contributed by atoms with Gasteiger partial charge in [-0.15, -0.1) is 0 Å². The first-order valence-corrected chi connectivity index (χ1v) is 7.31. The van der Waals surface area contributed by atoms with Crippen LogP contribution in [0.3, 0.4) is 0 Å². The lowest BCUT2D eigenvalue weighted by atomic mass is 9.79. The van der Waals surface area contributed by atoms with E-state index in [0.29, 0.717) is 6.61 Å². The average molecular weight is 275 g/mol. The van der Waals surface area contributed by atoms with E-state index < -0.39 is 0 Å². The average Bonchev–Trinajstić information content (AvgIpc) is 2.93. The Kier molecular flexibility index (Phi) is 3.92. The van der Waals surface area contributed by atoms with Crippen LogP contribution in [0.25, 0.3) is 0 Å². The molecular weight excluding hydrogens is 254 g/mol. The highest BCUT2D eigenvalue weighted by molar-refractivity contribution is 5.67. The zero-order valence-corrected chi connectivity index (χ0v) is 11.7. The second-order valence-electron chi connectivity index (χ2n) is 5.87. The molecule has 1 spiro atoms. The van der Waals surface area contributed by atoms with Gasteiger partial charge in [-0.1, -0.05) is 30.3 Å². The van der Waals surface area contributed by atoms with Gasteiger partial charge < -0.3 is 14.4 Å². The van der Waals surface area contributed by atoms with E-state index in [1.165, 1.54) is 0 Å². The van der Waals surface area contributed by atoms with Crippen LogP contribution < -0.4 is 0 Å². The maximum Gasteiger partial charge on any atom is 0.410 e. The van der Waals surface area contributed by atoms with Crippen LogP contribution in [0.2, 0.25) is 0 Å². The smallest absolute Gasteiger partial charge is 0.410 e. The molecule has 4 nitrogen and oxygen atoms in total. The lowest BCUT2D eigenvalue weighted by Crippen LogP contribution is -2.46. The van der Waals surface area contributed by atoms with Gasteiger partial charge in [-0.3, -0.25) is 0 Å². The first kappa shape index (κ1) is 13.4. The molecule has 0 aliphatic carbocycles. The first-order chi connectivity index (χ1) is 9.77. The fourth-order valence-electron chi connectivity index (χ4n) is 3.15. The van der Waals surface area contributed by atoms with E-state index in [9.17, 15) is 4.79 Å². The normalized spacial score (nSPS) is 25.9. The van der Waals surface area contributed by atoms with Gasteiger partial charge in [0.2, 0.25) is 0 Å². The third kappa shape index (κ3) is 2.96. The highest BCUT2D eigenvalue weighted by atomic mass is 16.6. The Bertz CT molecular complexity index is 454. The Morgan fingerprint density at radius 3 is 2.90 bits per heavy atom. The van der Waals surface area contributed by atoms with E-state index in [-0.39, 0.29) is 11.5 Å². The third-order valence-electron chi connectivity index (χ3n) is 4.31. The summed E-state index contributed by atoms with van der Waals surface area (Å²) in [5, 5.41) is 0. The molecule has 2 aliphatic rings. The minimum atomic E-state index is -0.195. The summed E-state index contributed by atoms with van der Waals surface area (Å²) in [4.78, 5) is 14.0. The Balaban J connectivity index is 1.54. The predicted molar refractivity (Wildman–Crippen MR) is 75.3 cm³/mol. The summed E-state index contributed by atoms with van der Waals surface area (Å²) in [7, 11) is 0. The van der Waals surface area contributed by atoms with Crippen molar-refractivity contribution in [1.82, 2.24) is 4.90 Å². The topological polar surface area (TPSA) is 38.8 Å². The molecule has 2 fully saturated rings. The lowest BCUT2D eigenvalue weighted by molar-refractivity contribution is 0.0444. The number of hydrogen-bond donors (Lipinski definition) is 0. The van der Waals surface area contributed by atoms with Crippen molar-refractivity contribution in [3.63, 3.8) is 0 Å². The number of likely N-dealkylation sites (tertiary alicyclic amines) is 1. The van der Waals surface area contributed by atoms with E-state index >= 15 is 0 Å². The van der Waals surface area contributed by atoms with Crippen molar-refractivity contribution < 1.29 is 14.3 Å². The minimum Gasteiger partial charge on any atom is -0.445 e. The number of ether oxygens (including phenoxy) is 2. The molecular formula is C16H21NO3. The van der Waals surface area contributed by atoms with Gasteiger partial charge >= 0.3 is 6.09 Å². The SMILES string of the molecule is O=C(OCc1ccccc1)N1CCC[C@@]2(CCOC2)C1. The van der Waals surface area contributed by atoms with Crippen molar-refractivity contribution >= 4 is 6.09 Å². The Morgan fingerprint density at radius 2 is 2.15 bits per heavy atom.